The molecule has 44 heavy (non-hydrogen) atoms. The third-order valence-corrected chi connectivity index (χ3v) is 8.51. The maximum atomic E-state index is 12.1. The molecule has 254 valence electrons. The van der Waals surface area contributed by atoms with Crippen LogP contribution in [0.2, 0.25) is 0 Å². The lowest BCUT2D eigenvalue weighted by atomic mass is 9.87. The summed E-state index contributed by atoms with van der Waals surface area (Å²) in [5.74, 6) is -2.01. The van der Waals surface area contributed by atoms with Crippen LogP contribution in [0, 0.1) is 22.2 Å². The first-order valence-corrected chi connectivity index (χ1v) is 15.7. The predicted octanol–water partition coefficient (Wildman–Crippen LogP) is 5.64. The normalized spacial score (nSPS) is 24.6. The summed E-state index contributed by atoms with van der Waals surface area (Å²) < 4.78 is 26.7. The zero-order valence-electron chi connectivity index (χ0n) is 29.0. The van der Waals surface area contributed by atoms with Gasteiger partial charge in [0.15, 0.2) is 12.2 Å². The van der Waals surface area contributed by atoms with Gasteiger partial charge in [-0.2, -0.15) is 0 Å². The quantitative estimate of drug-likeness (QED) is 0.236. The molecule has 2 bridgehead atoms. The van der Waals surface area contributed by atoms with Crippen molar-refractivity contribution in [3.05, 3.63) is 0 Å². The summed E-state index contributed by atoms with van der Waals surface area (Å²) in [5, 5.41) is 8.47. The fraction of sp³-hybridized carbons (Fsp3) is 0.848. The number of carboxylic acids is 1. The molecule has 3 rings (SSSR count). The van der Waals surface area contributed by atoms with Crippen LogP contribution in [0.15, 0.2) is 0 Å². The maximum absolute atomic E-state index is 12.1. The highest BCUT2D eigenvalue weighted by molar-refractivity contribution is 5.79. The van der Waals surface area contributed by atoms with Gasteiger partial charge in [0.2, 0.25) is 0 Å². The van der Waals surface area contributed by atoms with Crippen LogP contribution in [0.25, 0.3) is 0 Å². The van der Waals surface area contributed by atoms with Crippen LogP contribution in [0.4, 0.5) is 0 Å². The summed E-state index contributed by atoms with van der Waals surface area (Å²) >= 11 is 0. The molecular formula is C33H56O11. The largest absolute Gasteiger partial charge is 0.481 e. The van der Waals surface area contributed by atoms with E-state index >= 15 is 0 Å². The standard InChI is InChI=1S/C13H18O5.C10H18O4.C10H20O2/c1-4-13(2,3)12(15)18-9-7-5-6-8(16-7)10(9)17-11(6)14;1-5-10(3,4)9(13)14-7(2)6-8(11)12;1-7-10(5,6)8(11)12-9(2,3)4/h6-10H,4-5H2,1-3H3;7H,5-6H2,1-4H3,(H,11,12);7H2,1-6H3. The van der Waals surface area contributed by atoms with E-state index in [1.807, 2.05) is 69.2 Å². The molecule has 0 spiro atoms. The average molecular weight is 629 g/mol. The first-order valence-electron chi connectivity index (χ1n) is 15.7. The summed E-state index contributed by atoms with van der Waals surface area (Å²) in [6, 6.07) is 0. The van der Waals surface area contributed by atoms with E-state index in [4.69, 9.17) is 28.8 Å². The van der Waals surface area contributed by atoms with Crippen molar-refractivity contribution in [1.29, 1.82) is 0 Å². The molecule has 3 aliphatic heterocycles. The molecule has 6 atom stereocenters. The van der Waals surface area contributed by atoms with Crippen LogP contribution in [-0.4, -0.2) is 71.1 Å². The SMILES string of the molecule is CCC(C)(C)C(=O)OC(C)(C)C.CCC(C)(C)C(=O)OC(C)CC(=O)O.CCC(C)(C)C(=O)OC1C2CC3C(=O)OC1C3O2. The van der Waals surface area contributed by atoms with Crippen molar-refractivity contribution in [1.82, 2.24) is 0 Å². The lowest BCUT2D eigenvalue weighted by Gasteiger charge is -2.27. The van der Waals surface area contributed by atoms with Crippen molar-refractivity contribution in [2.75, 3.05) is 0 Å². The molecule has 3 heterocycles. The van der Waals surface area contributed by atoms with Gasteiger partial charge in [-0.15, -0.1) is 0 Å². The van der Waals surface area contributed by atoms with Crippen LogP contribution in [0.1, 0.15) is 122 Å². The molecular weight excluding hydrogens is 572 g/mol. The van der Waals surface area contributed by atoms with Gasteiger partial charge in [-0.1, -0.05) is 20.8 Å². The number of carboxylic acid groups (broad SMARTS) is 1. The van der Waals surface area contributed by atoms with E-state index in [-0.39, 0.29) is 59.4 Å². The molecule has 0 amide bonds. The lowest BCUT2D eigenvalue weighted by Crippen LogP contribution is -2.42. The van der Waals surface area contributed by atoms with E-state index in [0.717, 1.165) is 6.42 Å². The van der Waals surface area contributed by atoms with Gasteiger partial charge in [-0.05, 0) is 94.9 Å². The predicted molar refractivity (Wildman–Crippen MR) is 162 cm³/mol. The number of hydrogen-bond acceptors (Lipinski definition) is 10. The Balaban J connectivity index is 0.000000340. The number of ether oxygens (including phenoxy) is 5. The van der Waals surface area contributed by atoms with Crippen LogP contribution >= 0.6 is 0 Å². The molecule has 0 radical (unpaired) electrons. The Morgan fingerprint density at radius 2 is 1.30 bits per heavy atom. The fourth-order valence-electron chi connectivity index (χ4n) is 4.14. The zero-order valence-corrected chi connectivity index (χ0v) is 29.0. The van der Waals surface area contributed by atoms with E-state index in [1.165, 1.54) is 0 Å². The minimum absolute atomic E-state index is 0.113. The number of carbonyl (C=O) groups excluding carboxylic acids is 4. The van der Waals surface area contributed by atoms with Crippen molar-refractivity contribution < 1.29 is 52.8 Å². The van der Waals surface area contributed by atoms with Gasteiger partial charge in [-0.3, -0.25) is 24.0 Å². The second-order valence-corrected chi connectivity index (χ2v) is 14.8. The van der Waals surface area contributed by atoms with Gasteiger partial charge in [0.1, 0.15) is 17.8 Å². The van der Waals surface area contributed by atoms with E-state index in [0.29, 0.717) is 19.3 Å². The van der Waals surface area contributed by atoms with Gasteiger partial charge < -0.3 is 28.8 Å². The second-order valence-electron chi connectivity index (χ2n) is 14.8. The molecule has 11 heteroatoms. The van der Waals surface area contributed by atoms with Gasteiger partial charge in [-0.25, -0.2) is 0 Å². The molecule has 1 N–H and O–H groups in total. The van der Waals surface area contributed by atoms with Crippen LogP contribution in [0.3, 0.4) is 0 Å². The Bertz CT molecular complexity index is 1040. The summed E-state index contributed by atoms with van der Waals surface area (Å²) in [6.07, 6.45) is 0.905. The highest BCUT2D eigenvalue weighted by Gasteiger charge is 2.65. The van der Waals surface area contributed by atoms with Crippen molar-refractivity contribution in [3.8, 4) is 0 Å². The average Bonchev–Trinajstić information content (AvgIpc) is 3.53. The summed E-state index contributed by atoms with van der Waals surface area (Å²) in [4.78, 5) is 56.9. The van der Waals surface area contributed by atoms with Gasteiger partial charge >= 0.3 is 29.8 Å². The van der Waals surface area contributed by atoms with Crippen molar-refractivity contribution in [2.45, 2.75) is 158 Å². The third-order valence-electron chi connectivity index (χ3n) is 8.51. The van der Waals surface area contributed by atoms with Gasteiger partial charge in [0.05, 0.1) is 34.7 Å². The van der Waals surface area contributed by atoms with Crippen LogP contribution in [-0.2, 0) is 47.7 Å². The Kier molecular flexibility index (Phi) is 13.5. The highest BCUT2D eigenvalue weighted by atomic mass is 16.7. The minimum Gasteiger partial charge on any atom is -0.481 e. The van der Waals surface area contributed by atoms with E-state index in [2.05, 4.69) is 0 Å². The third kappa shape index (κ3) is 10.7. The minimum atomic E-state index is -0.959. The zero-order chi connectivity index (χ0) is 34.4. The van der Waals surface area contributed by atoms with Gasteiger partial charge in [0, 0.05) is 0 Å². The lowest BCUT2D eigenvalue weighted by molar-refractivity contribution is -0.169. The molecule has 3 saturated heterocycles. The molecule has 0 aromatic heterocycles. The molecule has 0 saturated carbocycles. The monoisotopic (exact) mass is 628 g/mol. The van der Waals surface area contributed by atoms with E-state index in [9.17, 15) is 24.0 Å². The summed E-state index contributed by atoms with van der Waals surface area (Å²) in [5.41, 5.74) is -1.77. The van der Waals surface area contributed by atoms with Crippen molar-refractivity contribution in [2.24, 2.45) is 22.2 Å². The number of fused-ring (bicyclic) bond motifs is 1. The smallest absolute Gasteiger partial charge is 0.312 e. The Morgan fingerprint density at radius 1 is 0.818 bits per heavy atom. The Morgan fingerprint density at radius 3 is 1.75 bits per heavy atom. The van der Waals surface area contributed by atoms with Crippen LogP contribution in [0.5, 0.6) is 0 Å². The molecule has 3 aliphatic rings. The van der Waals surface area contributed by atoms with Gasteiger partial charge in [0.25, 0.3) is 0 Å². The number of hydrogen-bond donors (Lipinski definition) is 1. The molecule has 11 nitrogen and oxygen atoms in total. The molecule has 3 fully saturated rings. The van der Waals surface area contributed by atoms with Crippen molar-refractivity contribution >= 4 is 29.8 Å². The summed E-state index contributed by atoms with van der Waals surface area (Å²) in [6.45, 7) is 24.1. The molecule has 6 unspecified atom stereocenters. The first kappa shape index (κ1) is 39.3. The maximum Gasteiger partial charge on any atom is 0.312 e. The highest BCUT2D eigenvalue weighted by Crippen LogP contribution is 2.47. The molecule has 0 aromatic rings. The fourth-order valence-corrected chi connectivity index (χ4v) is 4.14. The number of rotatable bonds is 10. The molecule has 0 aliphatic carbocycles. The number of carbonyl (C=O) groups is 5. The van der Waals surface area contributed by atoms with Crippen LogP contribution < -0.4 is 0 Å². The number of esters is 4. The Hall–Kier alpha value is -2.69. The topological polar surface area (TPSA) is 152 Å². The first-order chi connectivity index (χ1) is 19.9. The van der Waals surface area contributed by atoms with E-state index in [1.54, 1.807) is 20.8 Å². The van der Waals surface area contributed by atoms with Crippen molar-refractivity contribution in [3.63, 3.8) is 0 Å². The Labute approximate surface area is 263 Å². The number of aliphatic carboxylic acids is 1. The molecule has 0 aromatic carbocycles. The summed E-state index contributed by atoms with van der Waals surface area (Å²) in [7, 11) is 0. The van der Waals surface area contributed by atoms with E-state index < -0.39 is 35.1 Å². The second kappa shape index (κ2) is 15.1.